The van der Waals surface area contributed by atoms with Crippen molar-refractivity contribution in [2.24, 2.45) is 5.92 Å². The number of carbonyl (C=O) groups is 1. The molecule has 0 radical (unpaired) electrons. The van der Waals surface area contributed by atoms with E-state index >= 15 is 0 Å². The largest absolute Gasteiger partial charge is 0.362 e. The number of hydrogen-bond donors (Lipinski definition) is 2. The number of allylic oxidation sites excluding steroid dienone is 1. The Morgan fingerprint density at radius 1 is 1.03 bits per heavy atom. The molecule has 154 valence electrons. The lowest BCUT2D eigenvalue weighted by molar-refractivity contribution is 0.0602. The summed E-state index contributed by atoms with van der Waals surface area (Å²) in [5.41, 5.74) is 5.73. The smallest absolute Gasteiger partial charge is 0.253 e. The predicted octanol–water partition coefficient (Wildman–Crippen LogP) is 3.23. The van der Waals surface area contributed by atoms with Crippen LogP contribution in [0.2, 0.25) is 0 Å². The normalized spacial score (nSPS) is 20.4. The molecule has 2 aromatic carbocycles. The van der Waals surface area contributed by atoms with Crippen LogP contribution < -0.4 is 10.6 Å². The van der Waals surface area contributed by atoms with E-state index in [4.69, 9.17) is 5.26 Å². The molecule has 5 rings (SSSR count). The Morgan fingerprint density at radius 2 is 1.77 bits per heavy atom. The third-order valence-electron chi connectivity index (χ3n) is 6.49. The first-order valence-electron chi connectivity index (χ1n) is 10.6. The SMILES string of the molecule is Cc1ccc(C(=O)N2CC(c3ccc(C#N)cc3)C2)cc1C1=C(C#N)NC(C2CC2)N1. The van der Waals surface area contributed by atoms with E-state index in [1.807, 2.05) is 54.3 Å². The Kier molecular flexibility index (Phi) is 4.64. The zero-order chi connectivity index (χ0) is 21.5. The Morgan fingerprint density at radius 3 is 2.42 bits per heavy atom. The van der Waals surface area contributed by atoms with Crippen LogP contribution in [0.4, 0.5) is 0 Å². The van der Waals surface area contributed by atoms with Gasteiger partial charge >= 0.3 is 0 Å². The van der Waals surface area contributed by atoms with E-state index in [2.05, 4.69) is 22.8 Å². The van der Waals surface area contributed by atoms with Gasteiger partial charge in [-0.2, -0.15) is 10.5 Å². The zero-order valence-corrected chi connectivity index (χ0v) is 17.4. The van der Waals surface area contributed by atoms with Crippen LogP contribution in [-0.2, 0) is 0 Å². The number of amides is 1. The molecule has 1 saturated carbocycles. The van der Waals surface area contributed by atoms with Gasteiger partial charge in [-0.15, -0.1) is 0 Å². The molecule has 6 nitrogen and oxygen atoms in total. The van der Waals surface area contributed by atoms with Crippen molar-refractivity contribution in [2.45, 2.75) is 31.8 Å². The van der Waals surface area contributed by atoms with E-state index < -0.39 is 0 Å². The maximum absolute atomic E-state index is 13.1. The summed E-state index contributed by atoms with van der Waals surface area (Å²) in [7, 11) is 0. The van der Waals surface area contributed by atoms with E-state index in [-0.39, 0.29) is 12.1 Å². The Balaban J connectivity index is 1.32. The second-order valence-corrected chi connectivity index (χ2v) is 8.64. The summed E-state index contributed by atoms with van der Waals surface area (Å²) >= 11 is 0. The summed E-state index contributed by atoms with van der Waals surface area (Å²) in [6, 6.07) is 17.7. The number of benzene rings is 2. The van der Waals surface area contributed by atoms with Crippen molar-refractivity contribution in [3.63, 3.8) is 0 Å². The molecule has 1 unspecified atom stereocenters. The van der Waals surface area contributed by atoms with Crippen LogP contribution in [0, 0.1) is 35.5 Å². The number of nitrogens with zero attached hydrogens (tertiary/aromatic N) is 3. The van der Waals surface area contributed by atoms with Gasteiger partial charge in [-0.1, -0.05) is 18.2 Å². The number of nitrogens with one attached hydrogen (secondary N) is 2. The van der Waals surface area contributed by atoms with Crippen LogP contribution in [0.1, 0.15) is 51.4 Å². The molecule has 2 N–H and O–H groups in total. The van der Waals surface area contributed by atoms with Gasteiger partial charge in [0.2, 0.25) is 0 Å². The van der Waals surface area contributed by atoms with Gasteiger partial charge in [0.15, 0.2) is 0 Å². The molecule has 1 atom stereocenters. The molecule has 1 aliphatic carbocycles. The number of aryl methyl sites for hydroxylation is 1. The number of nitriles is 2. The number of rotatable bonds is 4. The van der Waals surface area contributed by atoms with Gasteiger partial charge in [0.05, 0.1) is 23.5 Å². The summed E-state index contributed by atoms with van der Waals surface area (Å²) in [6.07, 6.45) is 2.44. The summed E-state index contributed by atoms with van der Waals surface area (Å²) in [4.78, 5) is 14.9. The number of hydrogen-bond acceptors (Lipinski definition) is 5. The highest BCUT2D eigenvalue weighted by Crippen LogP contribution is 2.36. The average molecular weight is 409 g/mol. The minimum atomic E-state index is 0.00921. The van der Waals surface area contributed by atoms with Crippen LogP contribution in [0.15, 0.2) is 48.2 Å². The Bertz CT molecular complexity index is 1160. The first kappa shape index (κ1) is 19.2. The number of likely N-dealkylation sites (tertiary alicyclic amines) is 1. The maximum Gasteiger partial charge on any atom is 0.253 e. The van der Waals surface area contributed by atoms with Crippen molar-refractivity contribution in [2.75, 3.05) is 13.1 Å². The number of carbonyl (C=O) groups excluding carboxylic acids is 1. The molecule has 31 heavy (non-hydrogen) atoms. The van der Waals surface area contributed by atoms with Crippen LogP contribution in [-0.4, -0.2) is 30.1 Å². The molecule has 2 aromatic rings. The fourth-order valence-electron chi connectivity index (χ4n) is 4.35. The summed E-state index contributed by atoms with van der Waals surface area (Å²) < 4.78 is 0. The molecule has 0 aromatic heterocycles. The highest BCUT2D eigenvalue weighted by Gasteiger charge is 2.37. The fourth-order valence-corrected chi connectivity index (χ4v) is 4.35. The molecule has 6 heteroatoms. The van der Waals surface area contributed by atoms with Gasteiger partial charge in [0.1, 0.15) is 11.8 Å². The molecular formula is C25H23N5O. The van der Waals surface area contributed by atoms with Crippen molar-refractivity contribution in [3.05, 3.63) is 76.0 Å². The van der Waals surface area contributed by atoms with Gasteiger partial charge in [-0.25, -0.2) is 0 Å². The molecule has 2 heterocycles. The van der Waals surface area contributed by atoms with Crippen LogP contribution in [0.3, 0.4) is 0 Å². The highest BCUT2D eigenvalue weighted by atomic mass is 16.2. The van der Waals surface area contributed by atoms with Gasteiger partial charge in [0.25, 0.3) is 5.91 Å². The van der Waals surface area contributed by atoms with Gasteiger partial charge in [-0.05, 0) is 61.1 Å². The molecule has 3 aliphatic rings. The van der Waals surface area contributed by atoms with Gasteiger partial charge in [0, 0.05) is 30.1 Å². The Labute approximate surface area is 181 Å². The second kappa shape index (κ2) is 7.49. The first-order valence-corrected chi connectivity index (χ1v) is 10.6. The maximum atomic E-state index is 13.1. The lowest BCUT2D eigenvalue weighted by atomic mass is 9.90. The van der Waals surface area contributed by atoms with Crippen LogP contribution in [0.5, 0.6) is 0 Å². The zero-order valence-electron chi connectivity index (χ0n) is 17.4. The summed E-state index contributed by atoms with van der Waals surface area (Å²) in [6.45, 7) is 3.34. The molecule has 0 spiro atoms. The fraction of sp³-hybridized carbons (Fsp3) is 0.320. The molecule has 0 bridgehead atoms. The lowest BCUT2D eigenvalue weighted by Crippen LogP contribution is -2.48. The van der Waals surface area contributed by atoms with Crippen molar-refractivity contribution in [3.8, 4) is 12.1 Å². The van der Waals surface area contributed by atoms with Crippen LogP contribution >= 0.6 is 0 Å². The minimum Gasteiger partial charge on any atom is -0.362 e. The van der Waals surface area contributed by atoms with Gasteiger partial charge in [-0.3, -0.25) is 4.79 Å². The van der Waals surface area contributed by atoms with Gasteiger partial charge < -0.3 is 15.5 Å². The van der Waals surface area contributed by atoms with Crippen molar-refractivity contribution in [1.82, 2.24) is 15.5 Å². The van der Waals surface area contributed by atoms with Crippen LogP contribution in [0.25, 0.3) is 5.70 Å². The lowest BCUT2D eigenvalue weighted by Gasteiger charge is -2.39. The van der Waals surface area contributed by atoms with Crippen molar-refractivity contribution < 1.29 is 4.79 Å². The Hall–Kier alpha value is -3.77. The topological polar surface area (TPSA) is 92.0 Å². The van der Waals surface area contributed by atoms with E-state index in [0.717, 1.165) is 22.4 Å². The molecule has 2 fully saturated rings. The molecule has 1 amide bonds. The minimum absolute atomic E-state index is 0.00921. The highest BCUT2D eigenvalue weighted by molar-refractivity contribution is 5.96. The molecular weight excluding hydrogens is 386 g/mol. The predicted molar refractivity (Wildman–Crippen MR) is 116 cm³/mol. The second-order valence-electron chi connectivity index (χ2n) is 8.64. The van der Waals surface area contributed by atoms with E-state index in [1.54, 1.807) is 0 Å². The average Bonchev–Trinajstić information content (AvgIpc) is 3.52. The molecule has 2 aliphatic heterocycles. The summed E-state index contributed by atoms with van der Waals surface area (Å²) in [5.74, 6) is 0.871. The first-order chi connectivity index (χ1) is 15.1. The van der Waals surface area contributed by atoms with E-state index in [0.29, 0.717) is 41.7 Å². The van der Waals surface area contributed by atoms with Crippen molar-refractivity contribution >= 4 is 11.6 Å². The van der Waals surface area contributed by atoms with Crippen molar-refractivity contribution in [1.29, 1.82) is 10.5 Å². The monoisotopic (exact) mass is 409 g/mol. The molecule has 1 saturated heterocycles. The quantitative estimate of drug-likeness (QED) is 0.809. The van der Waals surface area contributed by atoms with E-state index in [1.165, 1.54) is 12.8 Å². The summed E-state index contributed by atoms with van der Waals surface area (Å²) in [5, 5.41) is 25.3. The third kappa shape index (κ3) is 3.51. The van der Waals surface area contributed by atoms with E-state index in [9.17, 15) is 10.1 Å². The third-order valence-corrected chi connectivity index (χ3v) is 6.49. The standard InChI is InChI=1S/C25H23N5O/c1-15-2-5-19(10-21(15)23-22(12-27)28-24(29-23)18-8-9-18)25(31)30-13-20(14-30)17-6-3-16(11-26)4-7-17/h2-7,10,18,20,24,28-29H,8-9,13-14H2,1H3.